The van der Waals surface area contributed by atoms with Crippen LogP contribution in [0.15, 0.2) is 22.3 Å². The normalized spacial score (nSPS) is 10.1. The van der Waals surface area contributed by atoms with Crippen LogP contribution in [0.1, 0.15) is 27.2 Å². The maximum Gasteiger partial charge on any atom is 0.367 e. The van der Waals surface area contributed by atoms with Gasteiger partial charge >= 0.3 is 5.97 Å². The molecule has 0 spiro atoms. The smallest absolute Gasteiger partial charge is 0.367 e. The lowest BCUT2D eigenvalue weighted by molar-refractivity contribution is 0.0526. The van der Waals surface area contributed by atoms with E-state index in [4.69, 9.17) is 4.74 Å². The van der Waals surface area contributed by atoms with Crippen molar-refractivity contribution in [2.45, 2.75) is 6.92 Å². The number of amides is 1. The van der Waals surface area contributed by atoms with Crippen LogP contribution in [0.4, 0.5) is 5.82 Å². The lowest BCUT2D eigenvalue weighted by Gasteiger charge is -2.00. The number of hydrogen-bond acceptors (Lipinski definition) is 7. The van der Waals surface area contributed by atoms with Crippen molar-refractivity contribution in [1.82, 2.24) is 15.2 Å². The van der Waals surface area contributed by atoms with Crippen LogP contribution in [-0.4, -0.2) is 33.7 Å². The van der Waals surface area contributed by atoms with E-state index >= 15 is 0 Å². The molecule has 0 unspecified atom stereocenters. The molecule has 0 aliphatic rings. The van der Waals surface area contributed by atoms with E-state index < -0.39 is 11.9 Å². The average Bonchev–Trinajstić information content (AvgIpc) is 2.91. The monoisotopic (exact) mass is 294 g/mol. The summed E-state index contributed by atoms with van der Waals surface area (Å²) in [5.41, 5.74) is -0.299. The molecule has 2 aromatic rings. The molecule has 0 radical (unpaired) electrons. The summed E-state index contributed by atoms with van der Waals surface area (Å²) in [4.78, 5) is 38.0. The van der Waals surface area contributed by atoms with Gasteiger partial charge in [0.25, 0.3) is 11.5 Å². The van der Waals surface area contributed by atoms with Gasteiger partial charge in [-0.2, -0.15) is 5.10 Å². The van der Waals surface area contributed by atoms with Gasteiger partial charge in [0.05, 0.1) is 6.61 Å². The number of ether oxygens (including phenoxy) is 1. The highest BCUT2D eigenvalue weighted by atomic mass is 32.1. The Kier molecular flexibility index (Phi) is 4.20. The predicted octanol–water partition coefficient (Wildman–Crippen LogP) is 0.655. The molecule has 104 valence electrons. The Morgan fingerprint density at radius 1 is 1.45 bits per heavy atom. The number of carbonyl (C=O) groups excluding carboxylic acids is 2. The summed E-state index contributed by atoms with van der Waals surface area (Å²) in [5.74, 6) is -0.921. The first kappa shape index (κ1) is 13.9. The molecule has 0 aromatic carbocycles. The van der Waals surface area contributed by atoms with E-state index in [0.29, 0.717) is 0 Å². The fraction of sp³-hybridized carbons (Fsp3) is 0.182. The number of anilines is 1. The van der Waals surface area contributed by atoms with Crippen molar-refractivity contribution in [3.63, 3.8) is 0 Å². The Bertz CT molecular complexity index is 673. The number of carbonyl (C=O) groups is 2. The number of nitrogens with one attached hydrogen (secondary N) is 2. The molecule has 0 fully saturated rings. The Labute approximate surface area is 116 Å². The quantitative estimate of drug-likeness (QED) is 0.800. The minimum Gasteiger partial charge on any atom is -0.461 e. The number of esters is 1. The molecule has 2 heterocycles. The number of thiazole rings is 1. The van der Waals surface area contributed by atoms with Crippen molar-refractivity contribution in [3.8, 4) is 0 Å². The summed E-state index contributed by atoms with van der Waals surface area (Å²) in [6.45, 7) is 1.92. The summed E-state index contributed by atoms with van der Waals surface area (Å²) in [5, 5.41) is 9.80. The molecular weight excluding hydrogens is 284 g/mol. The van der Waals surface area contributed by atoms with Crippen LogP contribution in [0, 0.1) is 0 Å². The third-order valence-electron chi connectivity index (χ3n) is 2.11. The zero-order valence-electron chi connectivity index (χ0n) is 10.4. The third-order valence-corrected chi connectivity index (χ3v) is 2.93. The first-order valence-corrected chi connectivity index (χ1v) is 6.48. The number of aromatic nitrogens is 3. The van der Waals surface area contributed by atoms with Crippen molar-refractivity contribution in [2.75, 3.05) is 11.9 Å². The van der Waals surface area contributed by atoms with E-state index in [0.717, 1.165) is 11.3 Å². The SMILES string of the molecule is CCOC(=O)c1nc(C(=O)Nc2ccc(=O)[nH]n2)cs1. The highest BCUT2D eigenvalue weighted by molar-refractivity contribution is 7.11. The van der Waals surface area contributed by atoms with Gasteiger partial charge in [-0.25, -0.2) is 14.9 Å². The predicted molar refractivity (Wildman–Crippen MR) is 70.9 cm³/mol. The minimum absolute atomic E-state index is 0.0750. The average molecular weight is 294 g/mol. The van der Waals surface area contributed by atoms with Crippen LogP contribution < -0.4 is 10.9 Å². The Hall–Kier alpha value is -2.55. The maximum absolute atomic E-state index is 11.8. The van der Waals surface area contributed by atoms with Crippen LogP contribution in [0.25, 0.3) is 0 Å². The summed E-state index contributed by atoms with van der Waals surface area (Å²) < 4.78 is 4.78. The van der Waals surface area contributed by atoms with Crippen LogP contribution >= 0.6 is 11.3 Å². The molecule has 2 rings (SSSR count). The standard InChI is InChI=1S/C11H10N4O4S/c1-2-19-11(18)10-12-6(5-20-10)9(17)13-7-3-4-8(16)15-14-7/h3-5H,2H2,1H3,(H,15,16)(H,13,14,17). The van der Waals surface area contributed by atoms with E-state index in [1.807, 2.05) is 0 Å². The highest BCUT2D eigenvalue weighted by Crippen LogP contribution is 2.12. The van der Waals surface area contributed by atoms with Crippen LogP contribution in [0.3, 0.4) is 0 Å². The van der Waals surface area contributed by atoms with E-state index in [1.165, 1.54) is 17.5 Å². The van der Waals surface area contributed by atoms with Crippen LogP contribution in [0.5, 0.6) is 0 Å². The number of H-pyrrole nitrogens is 1. The lowest BCUT2D eigenvalue weighted by atomic mass is 10.4. The molecule has 2 aromatic heterocycles. The fourth-order valence-corrected chi connectivity index (χ4v) is 1.95. The molecule has 8 nitrogen and oxygen atoms in total. The van der Waals surface area contributed by atoms with Crippen LogP contribution in [0.2, 0.25) is 0 Å². The number of hydrogen-bond donors (Lipinski definition) is 2. The molecule has 0 saturated carbocycles. The summed E-state index contributed by atoms with van der Waals surface area (Å²) in [6.07, 6.45) is 0. The van der Waals surface area contributed by atoms with Gasteiger partial charge in [-0.3, -0.25) is 9.59 Å². The first-order chi connectivity index (χ1) is 9.60. The number of rotatable bonds is 4. The molecule has 20 heavy (non-hydrogen) atoms. The molecule has 0 saturated heterocycles. The third kappa shape index (κ3) is 3.26. The molecule has 0 atom stereocenters. The van der Waals surface area contributed by atoms with Gasteiger partial charge in [0.15, 0.2) is 5.82 Å². The second kappa shape index (κ2) is 6.06. The highest BCUT2D eigenvalue weighted by Gasteiger charge is 2.16. The van der Waals surface area contributed by atoms with Gasteiger partial charge in [0.1, 0.15) is 5.69 Å². The van der Waals surface area contributed by atoms with E-state index in [9.17, 15) is 14.4 Å². The number of aromatic amines is 1. The van der Waals surface area contributed by atoms with Crippen LogP contribution in [-0.2, 0) is 4.74 Å². The van der Waals surface area contributed by atoms with Crippen molar-refractivity contribution < 1.29 is 14.3 Å². The molecule has 0 aliphatic carbocycles. The minimum atomic E-state index is -0.571. The molecular formula is C11H10N4O4S. The first-order valence-electron chi connectivity index (χ1n) is 5.60. The summed E-state index contributed by atoms with van der Waals surface area (Å²) in [7, 11) is 0. The Morgan fingerprint density at radius 3 is 2.90 bits per heavy atom. The topological polar surface area (TPSA) is 114 Å². The van der Waals surface area contributed by atoms with E-state index in [2.05, 4.69) is 20.5 Å². The van der Waals surface area contributed by atoms with Gasteiger partial charge in [0, 0.05) is 11.4 Å². The van der Waals surface area contributed by atoms with Gasteiger partial charge in [-0.05, 0) is 13.0 Å². The van der Waals surface area contributed by atoms with Crippen molar-refractivity contribution >= 4 is 29.0 Å². The zero-order valence-corrected chi connectivity index (χ0v) is 11.2. The second-order valence-electron chi connectivity index (χ2n) is 3.52. The van der Waals surface area contributed by atoms with Gasteiger partial charge < -0.3 is 10.1 Å². The van der Waals surface area contributed by atoms with Gasteiger partial charge in [-0.15, -0.1) is 11.3 Å². The molecule has 9 heteroatoms. The molecule has 1 amide bonds. The molecule has 0 bridgehead atoms. The Morgan fingerprint density at radius 2 is 2.25 bits per heavy atom. The van der Waals surface area contributed by atoms with Crippen molar-refractivity contribution in [1.29, 1.82) is 0 Å². The summed E-state index contributed by atoms with van der Waals surface area (Å²) in [6, 6.07) is 2.59. The van der Waals surface area contributed by atoms with Crippen molar-refractivity contribution in [2.24, 2.45) is 0 Å². The maximum atomic E-state index is 11.8. The lowest BCUT2D eigenvalue weighted by Crippen LogP contribution is -2.16. The van der Waals surface area contributed by atoms with Gasteiger partial charge in [0.2, 0.25) is 5.01 Å². The fourth-order valence-electron chi connectivity index (χ4n) is 1.26. The number of nitrogens with zero attached hydrogens (tertiary/aromatic N) is 2. The van der Waals surface area contributed by atoms with Crippen molar-refractivity contribution in [3.05, 3.63) is 38.6 Å². The summed E-state index contributed by atoms with van der Waals surface area (Å²) >= 11 is 1.01. The van der Waals surface area contributed by atoms with E-state index in [1.54, 1.807) is 6.92 Å². The second-order valence-corrected chi connectivity index (χ2v) is 4.38. The molecule has 0 aliphatic heterocycles. The van der Waals surface area contributed by atoms with Gasteiger partial charge in [-0.1, -0.05) is 0 Å². The Balaban J connectivity index is 2.08. The zero-order chi connectivity index (χ0) is 14.5. The largest absolute Gasteiger partial charge is 0.461 e. The van der Waals surface area contributed by atoms with E-state index in [-0.39, 0.29) is 28.7 Å². The molecule has 2 N–H and O–H groups in total.